The number of rotatable bonds is 1. The molecule has 1 heterocycles. The van der Waals surface area contributed by atoms with Crippen LogP contribution in [0.3, 0.4) is 0 Å². The number of aromatic amines is 2. The molecular formula is C13H11N2O+. The molecule has 0 fully saturated rings. The van der Waals surface area contributed by atoms with Gasteiger partial charge in [0.2, 0.25) is 0 Å². The molecule has 0 aliphatic heterocycles. The van der Waals surface area contributed by atoms with Crippen LogP contribution in [0.4, 0.5) is 0 Å². The predicted octanol–water partition coefficient (Wildman–Crippen LogP) is 2.35. The average molecular weight is 211 g/mol. The highest BCUT2D eigenvalue weighted by Gasteiger charge is 2.10. The van der Waals surface area contributed by atoms with Gasteiger partial charge in [-0.15, -0.1) is 0 Å². The molecule has 0 saturated carbocycles. The van der Waals surface area contributed by atoms with Crippen molar-refractivity contribution in [3.8, 4) is 17.1 Å². The summed E-state index contributed by atoms with van der Waals surface area (Å²) in [6.07, 6.45) is 0. The molecule has 0 atom stereocenters. The number of H-pyrrole nitrogens is 2. The van der Waals surface area contributed by atoms with E-state index in [1.807, 2.05) is 36.4 Å². The molecule has 0 saturated heterocycles. The Morgan fingerprint density at radius 1 is 0.938 bits per heavy atom. The molecule has 0 aliphatic carbocycles. The second-order valence-corrected chi connectivity index (χ2v) is 3.72. The first-order chi connectivity index (χ1) is 7.83. The summed E-state index contributed by atoms with van der Waals surface area (Å²) < 4.78 is 0. The van der Waals surface area contributed by atoms with Crippen LogP contribution in [0.25, 0.3) is 22.4 Å². The number of aromatic nitrogens is 2. The highest BCUT2D eigenvalue weighted by molar-refractivity contribution is 5.74. The van der Waals surface area contributed by atoms with Crippen molar-refractivity contribution < 1.29 is 10.1 Å². The summed E-state index contributed by atoms with van der Waals surface area (Å²) in [7, 11) is 0. The summed E-state index contributed by atoms with van der Waals surface area (Å²) in [4.78, 5) is 6.59. The van der Waals surface area contributed by atoms with E-state index in [1.54, 1.807) is 12.1 Å². The lowest BCUT2D eigenvalue weighted by atomic mass is 10.2. The van der Waals surface area contributed by atoms with Crippen molar-refractivity contribution in [2.45, 2.75) is 0 Å². The smallest absolute Gasteiger partial charge is 0.285 e. The number of hydrogen-bond acceptors (Lipinski definition) is 1. The summed E-state index contributed by atoms with van der Waals surface area (Å²) in [5.41, 5.74) is 3.17. The molecule has 0 radical (unpaired) electrons. The van der Waals surface area contributed by atoms with Crippen LogP contribution in [0, 0.1) is 0 Å². The zero-order chi connectivity index (χ0) is 11.0. The molecule has 3 aromatic rings. The highest BCUT2D eigenvalue weighted by Crippen LogP contribution is 2.19. The van der Waals surface area contributed by atoms with Crippen LogP contribution in [-0.2, 0) is 0 Å². The zero-order valence-electron chi connectivity index (χ0n) is 8.57. The number of benzene rings is 2. The number of nitrogens with one attached hydrogen (secondary N) is 2. The lowest BCUT2D eigenvalue weighted by molar-refractivity contribution is -0.330. The molecule has 3 heteroatoms. The molecule has 16 heavy (non-hydrogen) atoms. The Kier molecular flexibility index (Phi) is 1.90. The van der Waals surface area contributed by atoms with Crippen LogP contribution >= 0.6 is 0 Å². The normalized spacial score (nSPS) is 10.8. The van der Waals surface area contributed by atoms with E-state index in [0.717, 1.165) is 22.4 Å². The maximum Gasteiger partial charge on any atom is 0.285 e. The van der Waals surface area contributed by atoms with Gasteiger partial charge in [-0.3, -0.25) is 0 Å². The molecule has 3 N–H and O–H groups in total. The molecule has 3 rings (SSSR count). The summed E-state index contributed by atoms with van der Waals surface area (Å²) in [5, 5.41) is 9.22. The van der Waals surface area contributed by atoms with E-state index in [2.05, 4.69) is 9.97 Å². The Bertz CT molecular complexity index is 593. The summed E-state index contributed by atoms with van der Waals surface area (Å²) in [6.45, 7) is 0. The summed E-state index contributed by atoms with van der Waals surface area (Å²) in [6, 6.07) is 15.1. The number of aromatic hydroxyl groups is 1. The number of phenolic OH excluding ortho intramolecular Hbond substituents is 1. The van der Waals surface area contributed by atoms with Crippen molar-refractivity contribution in [3.63, 3.8) is 0 Å². The third-order valence-corrected chi connectivity index (χ3v) is 2.60. The van der Waals surface area contributed by atoms with Gasteiger partial charge in [0.05, 0.1) is 5.56 Å². The number of para-hydroxylation sites is 2. The first kappa shape index (κ1) is 8.97. The van der Waals surface area contributed by atoms with Gasteiger partial charge in [-0.1, -0.05) is 12.1 Å². The largest absolute Gasteiger partial charge is 0.508 e. The van der Waals surface area contributed by atoms with E-state index in [9.17, 15) is 5.11 Å². The molecule has 0 spiro atoms. The Balaban J connectivity index is 2.15. The topological polar surface area (TPSA) is 50.2 Å². The first-order valence-electron chi connectivity index (χ1n) is 5.12. The van der Waals surface area contributed by atoms with Gasteiger partial charge in [0.1, 0.15) is 5.75 Å². The monoisotopic (exact) mass is 211 g/mol. The van der Waals surface area contributed by atoms with Crippen LogP contribution in [0.2, 0.25) is 0 Å². The zero-order valence-corrected chi connectivity index (χ0v) is 8.57. The van der Waals surface area contributed by atoms with Crippen molar-refractivity contribution in [1.29, 1.82) is 0 Å². The fourth-order valence-corrected chi connectivity index (χ4v) is 1.77. The van der Waals surface area contributed by atoms with E-state index < -0.39 is 0 Å². The lowest BCUT2D eigenvalue weighted by Gasteiger charge is -1.92. The van der Waals surface area contributed by atoms with E-state index in [0.29, 0.717) is 0 Å². The van der Waals surface area contributed by atoms with Crippen LogP contribution in [0.5, 0.6) is 5.75 Å². The Morgan fingerprint density at radius 3 is 2.44 bits per heavy atom. The van der Waals surface area contributed by atoms with Gasteiger partial charge in [0.25, 0.3) is 5.82 Å². The first-order valence-corrected chi connectivity index (χ1v) is 5.12. The minimum Gasteiger partial charge on any atom is -0.508 e. The maximum absolute atomic E-state index is 9.22. The molecule has 78 valence electrons. The second kappa shape index (κ2) is 3.38. The number of fused-ring (bicyclic) bond motifs is 1. The van der Waals surface area contributed by atoms with Gasteiger partial charge in [0.15, 0.2) is 11.0 Å². The van der Waals surface area contributed by atoms with Gasteiger partial charge < -0.3 is 5.11 Å². The SMILES string of the molecule is Oc1ccc(-c2[nH]c3ccccc3[nH+]2)cc1. The molecule has 0 bridgehead atoms. The number of hydrogen-bond donors (Lipinski definition) is 2. The van der Waals surface area contributed by atoms with Gasteiger partial charge in [-0.25, -0.2) is 9.97 Å². The standard InChI is InChI=1S/C13H10N2O/c16-10-7-5-9(6-8-10)13-14-11-3-1-2-4-12(11)15-13/h1-8,16H,(H,14,15)/p+1. The fourth-order valence-electron chi connectivity index (χ4n) is 1.77. The lowest BCUT2D eigenvalue weighted by Crippen LogP contribution is -2.01. The van der Waals surface area contributed by atoms with Crippen molar-refractivity contribution in [3.05, 3.63) is 48.5 Å². The fraction of sp³-hybridized carbons (Fsp3) is 0. The third-order valence-electron chi connectivity index (χ3n) is 2.60. The van der Waals surface area contributed by atoms with Crippen molar-refractivity contribution in [2.24, 2.45) is 0 Å². The van der Waals surface area contributed by atoms with Crippen molar-refractivity contribution >= 4 is 11.0 Å². The minimum absolute atomic E-state index is 0.278. The van der Waals surface area contributed by atoms with Gasteiger partial charge >= 0.3 is 0 Å². The summed E-state index contributed by atoms with van der Waals surface area (Å²) in [5.74, 6) is 1.22. The molecule has 0 amide bonds. The van der Waals surface area contributed by atoms with Crippen molar-refractivity contribution in [2.75, 3.05) is 0 Å². The minimum atomic E-state index is 0.278. The van der Waals surface area contributed by atoms with E-state index in [1.165, 1.54) is 0 Å². The summed E-state index contributed by atoms with van der Waals surface area (Å²) >= 11 is 0. The van der Waals surface area contributed by atoms with E-state index in [-0.39, 0.29) is 5.75 Å². The maximum atomic E-state index is 9.22. The highest BCUT2D eigenvalue weighted by atomic mass is 16.3. The molecular weight excluding hydrogens is 200 g/mol. The average Bonchev–Trinajstić information content (AvgIpc) is 2.73. The van der Waals surface area contributed by atoms with Gasteiger partial charge in [0, 0.05) is 0 Å². The van der Waals surface area contributed by atoms with Crippen LogP contribution in [0.15, 0.2) is 48.5 Å². The van der Waals surface area contributed by atoms with Crippen LogP contribution in [-0.4, -0.2) is 10.1 Å². The van der Waals surface area contributed by atoms with E-state index in [4.69, 9.17) is 0 Å². The van der Waals surface area contributed by atoms with Gasteiger partial charge in [-0.2, -0.15) is 0 Å². The predicted molar refractivity (Wildman–Crippen MR) is 62.0 cm³/mol. The Labute approximate surface area is 92.4 Å². The molecule has 0 aliphatic rings. The molecule has 3 nitrogen and oxygen atoms in total. The molecule has 2 aromatic carbocycles. The second-order valence-electron chi connectivity index (χ2n) is 3.72. The van der Waals surface area contributed by atoms with Crippen LogP contribution < -0.4 is 4.98 Å². The Hall–Kier alpha value is -2.29. The van der Waals surface area contributed by atoms with E-state index >= 15 is 0 Å². The number of phenols is 1. The quantitative estimate of drug-likeness (QED) is 0.637. The Morgan fingerprint density at radius 2 is 1.69 bits per heavy atom. The molecule has 1 aromatic heterocycles. The molecule has 0 unspecified atom stereocenters. The number of imidazole rings is 1. The van der Waals surface area contributed by atoms with Gasteiger partial charge in [-0.05, 0) is 36.4 Å². The van der Waals surface area contributed by atoms with Crippen molar-refractivity contribution in [1.82, 2.24) is 4.98 Å². The van der Waals surface area contributed by atoms with Crippen LogP contribution in [0.1, 0.15) is 0 Å². The third kappa shape index (κ3) is 1.42.